The minimum Gasteiger partial charge on any atom is -0.384 e. The molecular weight excluding hydrogens is 228 g/mol. The van der Waals surface area contributed by atoms with Crippen LogP contribution in [0.3, 0.4) is 0 Å². The number of amides is 1. The van der Waals surface area contributed by atoms with Crippen LogP contribution in [0.5, 0.6) is 0 Å². The first-order valence-corrected chi connectivity index (χ1v) is 6.74. The summed E-state index contributed by atoms with van der Waals surface area (Å²) < 4.78 is 1.65. The maximum Gasteiger partial charge on any atom is 0.274 e. The molecule has 1 aliphatic carbocycles. The Morgan fingerprint density at radius 1 is 1.50 bits per heavy atom. The highest BCUT2D eigenvalue weighted by atomic mass is 16.2. The Balaban J connectivity index is 2.09. The summed E-state index contributed by atoms with van der Waals surface area (Å²) in [5.41, 5.74) is 6.26. The number of aromatic nitrogens is 2. The van der Waals surface area contributed by atoms with Gasteiger partial charge in [-0.15, -0.1) is 0 Å². The quantitative estimate of drug-likeness (QED) is 0.891. The molecule has 0 aliphatic heterocycles. The summed E-state index contributed by atoms with van der Waals surface area (Å²) in [6.07, 6.45) is 5.93. The van der Waals surface area contributed by atoms with E-state index >= 15 is 0 Å². The van der Waals surface area contributed by atoms with Crippen LogP contribution in [0.4, 0.5) is 5.82 Å². The highest BCUT2D eigenvalue weighted by Crippen LogP contribution is 2.23. The van der Waals surface area contributed by atoms with Crippen molar-refractivity contribution >= 4 is 11.7 Å². The lowest BCUT2D eigenvalue weighted by atomic mass is 9.94. The molecule has 0 atom stereocenters. The van der Waals surface area contributed by atoms with E-state index in [1.165, 1.54) is 19.3 Å². The molecule has 0 unspecified atom stereocenters. The van der Waals surface area contributed by atoms with E-state index in [2.05, 4.69) is 5.10 Å². The van der Waals surface area contributed by atoms with Gasteiger partial charge in [0, 0.05) is 25.7 Å². The lowest BCUT2D eigenvalue weighted by Crippen LogP contribution is -2.38. The molecule has 5 nitrogen and oxygen atoms in total. The Kier molecular flexibility index (Phi) is 3.89. The normalized spacial score (nSPS) is 16.8. The molecule has 18 heavy (non-hydrogen) atoms. The lowest BCUT2D eigenvalue weighted by molar-refractivity contribution is 0.0689. The average molecular weight is 250 g/mol. The highest BCUT2D eigenvalue weighted by molar-refractivity contribution is 5.93. The summed E-state index contributed by atoms with van der Waals surface area (Å²) in [4.78, 5) is 14.2. The maximum atomic E-state index is 12.3. The van der Waals surface area contributed by atoms with Crippen molar-refractivity contribution in [2.24, 2.45) is 0 Å². The van der Waals surface area contributed by atoms with Gasteiger partial charge < -0.3 is 10.6 Å². The van der Waals surface area contributed by atoms with Gasteiger partial charge in [-0.1, -0.05) is 19.3 Å². The van der Waals surface area contributed by atoms with Gasteiger partial charge in [0.05, 0.1) is 0 Å². The van der Waals surface area contributed by atoms with E-state index in [-0.39, 0.29) is 5.91 Å². The van der Waals surface area contributed by atoms with Gasteiger partial charge in [0.15, 0.2) is 5.69 Å². The van der Waals surface area contributed by atoms with Crippen molar-refractivity contribution in [1.82, 2.24) is 14.7 Å². The van der Waals surface area contributed by atoms with Crippen LogP contribution in [-0.4, -0.2) is 33.7 Å². The number of hydrogen-bond donors (Lipinski definition) is 1. The molecule has 0 saturated heterocycles. The van der Waals surface area contributed by atoms with Crippen LogP contribution < -0.4 is 5.73 Å². The van der Waals surface area contributed by atoms with Crippen LogP contribution in [0.1, 0.15) is 49.5 Å². The lowest BCUT2D eigenvalue weighted by Gasteiger charge is -2.30. The fourth-order valence-corrected chi connectivity index (χ4v) is 2.60. The summed E-state index contributed by atoms with van der Waals surface area (Å²) in [6, 6.07) is 2.03. The molecule has 1 fully saturated rings. The van der Waals surface area contributed by atoms with Crippen molar-refractivity contribution in [2.45, 2.75) is 51.6 Å². The van der Waals surface area contributed by atoms with Crippen LogP contribution in [0.25, 0.3) is 0 Å². The van der Waals surface area contributed by atoms with Gasteiger partial charge in [-0.05, 0) is 19.8 Å². The van der Waals surface area contributed by atoms with E-state index in [0.29, 0.717) is 24.1 Å². The number of carbonyl (C=O) groups excluding carboxylic acids is 1. The highest BCUT2D eigenvalue weighted by Gasteiger charge is 2.24. The van der Waals surface area contributed by atoms with Gasteiger partial charge in [0.25, 0.3) is 5.91 Å². The van der Waals surface area contributed by atoms with Crippen molar-refractivity contribution in [3.63, 3.8) is 0 Å². The predicted octanol–water partition coefficient (Wildman–Crippen LogP) is 1.89. The molecule has 0 spiro atoms. The van der Waals surface area contributed by atoms with E-state index < -0.39 is 0 Å². The second-order valence-corrected chi connectivity index (χ2v) is 4.98. The van der Waals surface area contributed by atoms with Crippen molar-refractivity contribution in [1.29, 1.82) is 0 Å². The fraction of sp³-hybridized carbons (Fsp3) is 0.692. The molecule has 0 aromatic carbocycles. The summed E-state index contributed by atoms with van der Waals surface area (Å²) in [5, 5.41) is 4.24. The third-order valence-electron chi connectivity index (χ3n) is 3.77. The Labute approximate surface area is 108 Å². The van der Waals surface area contributed by atoms with E-state index in [1.807, 2.05) is 18.9 Å². The van der Waals surface area contributed by atoms with E-state index in [4.69, 9.17) is 5.73 Å². The molecule has 0 radical (unpaired) electrons. The van der Waals surface area contributed by atoms with E-state index in [0.717, 1.165) is 12.8 Å². The molecule has 2 rings (SSSR count). The Morgan fingerprint density at radius 2 is 2.17 bits per heavy atom. The first-order chi connectivity index (χ1) is 8.63. The first-order valence-electron chi connectivity index (χ1n) is 6.74. The summed E-state index contributed by atoms with van der Waals surface area (Å²) >= 11 is 0. The number of carbonyl (C=O) groups is 1. The molecule has 1 aromatic heterocycles. The minimum atomic E-state index is -0.0131. The van der Waals surface area contributed by atoms with Gasteiger partial charge in [-0.3, -0.25) is 4.79 Å². The second kappa shape index (κ2) is 5.42. The molecular formula is C13H22N4O. The van der Waals surface area contributed by atoms with Crippen LogP contribution in [0, 0.1) is 0 Å². The zero-order chi connectivity index (χ0) is 13.1. The fourth-order valence-electron chi connectivity index (χ4n) is 2.60. The second-order valence-electron chi connectivity index (χ2n) is 4.98. The third kappa shape index (κ3) is 2.49. The van der Waals surface area contributed by atoms with Crippen molar-refractivity contribution < 1.29 is 4.79 Å². The molecule has 1 aromatic rings. The van der Waals surface area contributed by atoms with Gasteiger partial charge in [0.2, 0.25) is 0 Å². The van der Waals surface area contributed by atoms with Crippen LogP contribution in [0.2, 0.25) is 0 Å². The standard InChI is InChI=1S/C13H22N4O/c1-3-17-12(14)9-11(15-17)13(18)16(2)10-7-5-4-6-8-10/h9-10H,3-8,14H2,1-2H3. The molecule has 1 aliphatic rings. The monoisotopic (exact) mass is 250 g/mol. The van der Waals surface area contributed by atoms with Gasteiger partial charge in [0.1, 0.15) is 5.82 Å². The number of nitrogen functional groups attached to an aromatic ring is 1. The third-order valence-corrected chi connectivity index (χ3v) is 3.77. The summed E-state index contributed by atoms with van der Waals surface area (Å²) in [5.74, 6) is 0.540. The molecule has 0 bridgehead atoms. The number of rotatable bonds is 3. The number of aryl methyl sites for hydroxylation is 1. The Hall–Kier alpha value is -1.52. The molecule has 2 N–H and O–H groups in total. The largest absolute Gasteiger partial charge is 0.384 e. The van der Waals surface area contributed by atoms with Crippen molar-refractivity contribution in [3.8, 4) is 0 Å². The van der Waals surface area contributed by atoms with Crippen LogP contribution in [-0.2, 0) is 6.54 Å². The molecule has 5 heteroatoms. The number of nitrogens with zero attached hydrogens (tertiary/aromatic N) is 3. The number of nitrogens with two attached hydrogens (primary N) is 1. The average Bonchev–Trinajstić information content (AvgIpc) is 2.79. The maximum absolute atomic E-state index is 12.3. The summed E-state index contributed by atoms with van der Waals surface area (Å²) in [7, 11) is 1.87. The molecule has 1 saturated carbocycles. The minimum absolute atomic E-state index is 0.0131. The SMILES string of the molecule is CCn1nc(C(=O)N(C)C2CCCCC2)cc1N. The predicted molar refractivity (Wildman–Crippen MR) is 71.3 cm³/mol. The Morgan fingerprint density at radius 3 is 2.72 bits per heavy atom. The molecule has 1 heterocycles. The topological polar surface area (TPSA) is 64.2 Å². The van der Waals surface area contributed by atoms with Gasteiger partial charge >= 0.3 is 0 Å². The number of anilines is 1. The van der Waals surface area contributed by atoms with Gasteiger partial charge in [-0.2, -0.15) is 5.10 Å². The van der Waals surface area contributed by atoms with Crippen molar-refractivity contribution in [3.05, 3.63) is 11.8 Å². The summed E-state index contributed by atoms with van der Waals surface area (Å²) in [6.45, 7) is 2.65. The van der Waals surface area contributed by atoms with E-state index in [9.17, 15) is 4.79 Å². The zero-order valence-corrected chi connectivity index (χ0v) is 11.2. The zero-order valence-electron chi connectivity index (χ0n) is 11.2. The van der Waals surface area contributed by atoms with Crippen LogP contribution >= 0.6 is 0 Å². The Bertz CT molecular complexity index is 421. The smallest absolute Gasteiger partial charge is 0.274 e. The first kappa shape index (κ1) is 12.9. The molecule has 1 amide bonds. The van der Waals surface area contributed by atoms with Gasteiger partial charge in [-0.25, -0.2) is 4.68 Å². The van der Waals surface area contributed by atoms with Crippen LogP contribution in [0.15, 0.2) is 6.07 Å². The van der Waals surface area contributed by atoms with E-state index in [1.54, 1.807) is 10.7 Å². The number of hydrogen-bond acceptors (Lipinski definition) is 3. The molecule has 100 valence electrons. The van der Waals surface area contributed by atoms with Crippen molar-refractivity contribution in [2.75, 3.05) is 12.8 Å².